The van der Waals surface area contributed by atoms with Crippen molar-refractivity contribution >= 4 is 23.4 Å². The Morgan fingerprint density at radius 3 is 2.32 bits per heavy atom. The van der Waals surface area contributed by atoms with Gasteiger partial charge in [0.15, 0.2) is 0 Å². The highest BCUT2D eigenvalue weighted by atomic mass is 32.2. The summed E-state index contributed by atoms with van der Waals surface area (Å²) in [5.74, 6) is 2.99. The molecule has 2 aromatic rings. The maximum atomic E-state index is 13.6. The molecule has 3 nitrogen and oxygen atoms in total. The zero-order chi connectivity index (χ0) is 30.1. The van der Waals surface area contributed by atoms with Crippen LogP contribution >= 0.6 is 11.8 Å². The van der Waals surface area contributed by atoms with Crippen LogP contribution in [-0.2, 0) is 22.1 Å². The monoisotopic (exact) mass is 592 g/mol. The van der Waals surface area contributed by atoms with Crippen molar-refractivity contribution in [2.45, 2.75) is 79.0 Å². The van der Waals surface area contributed by atoms with Gasteiger partial charge in [-0.05, 0) is 79.7 Å². The van der Waals surface area contributed by atoms with E-state index < -0.39 is 11.7 Å². The zero-order valence-corrected chi connectivity index (χ0v) is 26.4. The van der Waals surface area contributed by atoms with E-state index in [1.807, 2.05) is 24.3 Å². The van der Waals surface area contributed by atoms with Gasteiger partial charge in [-0.15, -0.1) is 0 Å². The number of benzene rings is 2. The van der Waals surface area contributed by atoms with E-state index in [2.05, 4.69) is 41.5 Å². The third kappa shape index (κ3) is 10.7. The predicted octanol–water partition coefficient (Wildman–Crippen LogP) is 9.58. The quantitative estimate of drug-likeness (QED) is 0.204. The maximum absolute atomic E-state index is 13.6. The average molecular weight is 593 g/mol. The normalized spacial score (nSPS) is 15.2. The van der Waals surface area contributed by atoms with Crippen molar-refractivity contribution in [2.24, 2.45) is 11.3 Å². The summed E-state index contributed by atoms with van der Waals surface area (Å²) in [4.78, 5) is 0. The van der Waals surface area contributed by atoms with Crippen LogP contribution in [0.2, 0.25) is 0 Å². The Bertz CT molecular complexity index is 1130. The van der Waals surface area contributed by atoms with E-state index in [4.69, 9.17) is 14.2 Å². The molecule has 0 fully saturated rings. The summed E-state index contributed by atoms with van der Waals surface area (Å²) in [6.07, 6.45) is 0.773. The molecular weight excluding hydrogens is 545 g/mol. The Morgan fingerprint density at radius 2 is 1.59 bits per heavy atom. The molecular formula is C34H47F3O3S. The lowest BCUT2D eigenvalue weighted by Crippen LogP contribution is -2.36. The predicted molar refractivity (Wildman–Crippen MR) is 166 cm³/mol. The maximum Gasteiger partial charge on any atom is 0.416 e. The summed E-state index contributed by atoms with van der Waals surface area (Å²) < 4.78 is 58.9. The van der Waals surface area contributed by atoms with Gasteiger partial charge >= 0.3 is 6.18 Å². The third-order valence-electron chi connectivity index (χ3n) is 7.61. The number of rotatable bonds is 14. The fourth-order valence-electron chi connectivity index (χ4n) is 5.26. The lowest BCUT2D eigenvalue weighted by atomic mass is 9.78. The molecule has 1 unspecified atom stereocenters. The molecule has 0 radical (unpaired) electrons. The minimum absolute atomic E-state index is 0.177. The number of thioether (sulfide) groups is 1. The van der Waals surface area contributed by atoms with Crippen molar-refractivity contribution in [1.82, 2.24) is 0 Å². The van der Waals surface area contributed by atoms with E-state index in [1.54, 1.807) is 23.9 Å². The van der Waals surface area contributed by atoms with E-state index in [-0.39, 0.29) is 16.6 Å². The highest BCUT2D eigenvalue weighted by Crippen LogP contribution is 2.39. The van der Waals surface area contributed by atoms with Gasteiger partial charge in [0.2, 0.25) is 0 Å². The number of ether oxygens (including phenoxy) is 3. The molecule has 0 saturated heterocycles. The smallest absolute Gasteiger partial charge is 0.416 e. The van der Waals surface area contributed by atoms with Crippen molar-refractivity contribution in [1.29, 1.82) is 0 Å². The van der Waals surface area contributed by atoms with Crippen LogP contribution in [0.4, 0.5) is 13.2 Å². The summed E-state index contributed by atoms with van der Waals surface area (Å²) in [5, 5.41) is 0. The van der Waals surface area contributed by atoms with E-state index >= 15 is 0 Å². The lowest BCUT2D eigenvalue weighted by molar-refractivity contribution is -0.137. The number of alkyl halides is 3. The van der Waals surface area contributed by atoms with Gasteiger partial charge in [0.05, 0.1) is 37.6 Å². The summed E-state index contributed by atoms with van der Waals surface area (Å²) in [6, 6.07) is 11.7. The first kappa shape index (κ1) is 33.5. The number of hydrogen-bond acceptors (Lipinski definition) is 4. The van der Waals surface area contributed by atoms with Crippen LogP contribution in [0.3, 0.4) is 0 Å². The highest BCUT2D eigenvalue weighted by molar-refractivity contribution is 7.99. The van der Waals surface area contributed by atoms with Crippen LogP contribution in [0, 0.1) is 11.3 Å². The van der Waals surface area contributed by atoms with Gasteiger partial charge in [0, 0.05) is 17.1 Å². The van der Waals surface area contributed by atoms with Crippen molar-refractivity contribution in [3.63, 3.8) is 0 Å². The first-order valence-corrected chi connectivity index (χ1v) is 15.8. The summed E-state index contributed by atoms with van der Waals surface area (Å²) in [5.41, 5.74) is 2.52. The summed E-state index contributed by atoms with van der Waals surface area (Å²) >= 11 is 1.78. The number of halogens is 3. The molecule has 3 rings (SSSR count). The van der Waals surface area contributed by atoms with Gasteiger partial charge in [-0.1, -0.05) is 64.1 Å². The minimum atomic E-state index is -4.38. The highest BCUT2D eigenvalue weighted by Gasteiger charge is 2.34. The molecule has 1 aliphatic rings. The molecule has 0 N–H and O–H groups in total. The third-order valence-corrected chi connectivity index (χ3v) is 8.53. The molecule has 0 aromatic heterocycles. The Kier molecular flexibility index (Phi) is 12.2. The molecule has 228 valence electrons. The van der Waals surface area contributed by atoms with Crippen LogP contribution in [0.15, 0.2) is 42.5 Å². The Labute approximate surface area is 249 Å². The Hall–Kier alpha value is -1.96. The lowest BCUT2D eigenvalue weighted by Gasteiger charge is -2.36. The number of allylic oxidation sites excluding steroid dienone is 1. The van der Waals surface area contributed by atoms with Gasteiger partial charge in [0.25, 0.3) is 0 Å². The molecule has 0 bridgehead atoms. The van der Waals surface area contributed by atoms with Gasteiger partial charge in [-0.3, -0.25) is 0 Å². The molecule has 1 atom stereocenters. The SMILES string of the molecule is CC(CC(C)(C)C)C(C)(C)OCCOCCSCCOc1cccc2c1CCCC(c1ccccc1C(F)(F)F)=C2. The standard InChI is InChI=1S/C34H47F3O3S/c1-25(24-32(2,3)4)33(5,6)40-18-17-38-19-21-41-22-20-39-31-16-10-12-27-23-26(11-9-14-29(27)31)28-13-7-8-15-30(28)34(35,36)37/h7-8,10,12-13,15-16,23,25H,9,11,14,17-22,24H2,1-6H3. The molecule has 0 spiro atoms. The van der Waals surface area contributed by atoms with Crippen molar-refractivity contribution in [2.75, 3.05) is 37.9 Å². The van der Waals surface area contributed by atoms with E-state index in [0.717, 1.165) is 59.3 Å². The van der Waals surface area contributed by atoms with Crippen LogP contribution < -0.4 is 4.74 Å². The van der Waals surface area contributed by atoms with Crippen LogP contribution in [0.5, 0.6) is 5.75 Å². The molecule has 1 aliphatic carbocycles. The second-order valence-corrected chi connectivity index (χ2v) is 13.8. The van der Waals surface area contributed by atoms with Gasteiger partial charge in [-0.2, -0.15) is 24.9 Å². The Morgan fingerprint density at radius 1 is 0.854 bits per heavy atom. The molecule has 7 heteroatoms. The van der Waals surface area contributed by atoms with Crippen LogP contribution in [0.25, 0.3) is 11.6 Å². The topological polar surface area (TPSA) is 27.7 Å². The van der Waals surface area contributed by atoms with Crippen molar-refractivity contribution in [3.05, 3.63) is 64.7 Å². The minimum Gasteiger partial charge on any atom is -0.492 e. The second kappa shape index (κ2) is 15.0. The summed E-state index contributed by atoms with van der Waals surface area (Å²) in [6.45, 7) is 15.8. The largest absolute Gasteiger partial charge is 0.492 e. The number of hydrogen-bond donors (Lipinski definition) is 0. The first-order chi connectivity index (χ1) is 19.3. The molecule has 41 heavy (non-hydrogen) atoms. The second-order valence-electron chi connectivity index (χ2n) is 12.6. The van der Waals surface area contributed by atoms with Crippen molar-refractivity contribution in [3.8, 4) is 5.75 Å². The Balaban J connectivity index is 1.41. The molecule has 2 aromatic carbocycles. The number of fused-ring (bicyclic) bond motifs is 1. The van der Waals surface area contributed by atoms with Crippen molar-refractivity contribution < 1.29 is 27.4 Å². The van der Waals surface area contributed by atoms with E-state index in [1.165, 1.54) is 6.07 Å². The summed E-state index contributed by atoms with van der Waals surface area (Å²) in [7, 11) is 0. The zero-order valence-electron chi connectivity index (χ0n) is 25.5. The fraction of sp³-hybridized carbons (Fsp3) is 0.588. The van der Waals surface area contributed by atoms with Gasteiger partial charge in [-0.25, -0.2) is 0 Å². The van der Waals surface area contributed by atoms with E-state index in [9.17, 15) is 13.2 Å². The molecule has 0 amide bonds. The fourth-order valence-corrected chi connectivity index (χ4v) is 5.90. The molecule has 0 aliphatic heterocycles. The molecule has 0 heterocycles. The van der Waals surface area contributed by atoms with Gasteiger partial charge in [0.1, 0.15) is 5.75 Å². The van der Waals surface area contributed by atoms with Crippen LogP contribution in [0.1, 0.15) is 83.1 Å². The first-order valence-electron chi connectivity index (χ1n) is 14.7. The van der Waals surface area contributed by atoms with E-state index in [0.29, 0.717) is 38.8 Å². The molecule has 0 saturated carbocycles. The van der Waals surface area contributed by atoms with Gasteiger partial charge < -0.3 is 14.2 Å². The van der Waals surface area contributed by atoms with Crippen LogP contribution in [-0.4, -0.2) is 43.5 Å². The average Bonchev–Trinajstić information content (AvgIpc) is 3.11.